The second-order valence-corrected chi connectivity index (χ2v) is 7.65. The molecule has 1 amide bonds. The van der Waals surface area contributed by atoms with Gasteiger partial charge in [0, 0.05) is 23.7 Å². The molecule has 1 saturated carbocycles. The number of carbonyl (C=O) groups is 1. The molecule has 7 heteroatoms. The van der Waals surface area contributed by atoms with E-state index in [4.69, 9.17) is 16.1 Å². The third-order valence-corrected chi connectivity index (χ3v) is 5.33. The lowest BCUT2D eigenvalue weighted by atomic mass is 9.98. The fraction of sp³-hybridized carbons (Fsp3) is 0.526. The SMILES string of the molecule is O=C(CNCC1CC1)N1CCCC(c2nc(-c3ccc(Cl)cc3)no2)C1. The van der Waals surface area contributed by atoms with Crippen LogP contribution in [0.1, 0.15) is 37.5 Å². The van der Waals surface area contributed by atoms with Crippen LogP contribution in [0.15, 0.2) is 28.8 Å². The third kappa shape index (κ3) is 4.24. The van der Waals surface area contributed by atoms with Gasteiger partial charge >= 0.3 is 0 Å². The number of nitrogens with one attached hydrogen (secondary N) is 1. The number of aromatic nitrogens is 2. The van der Waals surface area contributed by atoms with Gasteiger partial charge in [0.15, 0.2) is 0 Å². The average molecular weight is 375 g/mol. The van der Waals surface area contributed by atoms with Crippen molar-refractivity contribution in [3.8, 4) is 11.4 Å². The van der Waals surface area contributed by atoms with E-state index in [1.807, 2.05) is 29.2 Å². The lowest BCUT2D eigenvalue weighted by molar-refractivity contribution is -0.131. The Morgan fingerprint density at radius 3 is 2.85 bits per heavy atom. The standard InChI is InChI=1S/C19H23ClN4O2/c20-16-7-5-14(6-8-16)18-22-19(26-23-18)15-2-1-9-24(12-15)17(25)11-21-10-13-3-4-13/h5-8,13,15,21H,1-4,9-12H2. The molecule has 26 heavy (non-hydrogen) atoms. The van der Waals surface area contributed by atoms with E-state index in [0.29, 0.717) is 29.8 Å². The van der Waals surface area contributed by atoms with Gasteiger partial charge < -0.3 is 14.7 Å². The Morgan fingerprint density at radius 2 is 2.08 bits per heavy atom. The minimum absolute atomic E-state index is 0.102. The van der Waals surface area contributed by atoms with Crippen molar-refractivity contribution < 1.29 is 9.32 Å². The first-order valence-electron chi connectivity index (χ1n) is 9.27. The lowest BCUT2D eigenvalue weighted by Gasteiger charge is -2.31. The van der Waals surface area contributed by atoms with Crippen molar-refractivity contribution in [3.05, 3.63) is 35.2 Å². The average Bonchev–Trinajstić information content (AvgIpc) is 3.36. The summed E-state index contributed by atoms with van der Waals surface area (Å²) in [6.07, 6.45) is 4.50. The molecule has 1 aromatic carbocycles. The molecule has 1 aliphatic carbocycles. The number of amides is 1. The molecule has 0 radical (unpaired) electrons. The van der Waals surface area contributed by atoms with Gasteiger partial charge in [-0.2, -0.15) is 4.98 Å². The van der Waals surface area contributed by atoms with Gasteiger partial charge in [0.1, 0.15) is 0 Å². The van der Waals surface area contributed by atoms with E-state index in [0.717, 1.165) is 37.4 Å². The molecule has 2 aliphatic rings. The molecule has 2 heterocycles. The molecule has 0 bridgehead atoms. The van der Waals surface area contributed by atoms with Crippen molar-refractivity contribution in [1.82, 2.24) is 20.4 Å². The summed E-state index contributed by atoms with van der Waals surface area (Å²) in [4.78, 5) is 18.9. The summed E-state index contributed by atoms with van der Waals surface area (Å²) < 4.78 is 5.49. The minimum atomic E-state index is 0.102. The summed E-state index contributed by atoms with van der Waals surface area (Å²) >= 11 is 5.92. The molecule has 6 nitrogen and oxygen atoms in total. The predicted octanol–water partition coefficient (Wildman–Crippen LogP) is 3.10. The van der Waals surface area contributed by atoms with Gasteiger partial charge in [-0.15, -0.1) is 0 Å². The van der Waals surface area contributed by atoms with E-state index in [9.17, 15) is 4.79 Å². The quantitative estimate of drug-likeness (QED) is 0.841. The lowest BCUT2D eigenvalue weighted by Crippen LogP contribution is -2.43. The maximum Gasteiger partial charge on any atom is 0.236 e. The topological polar surface area (TPSA) is 71.3 Å². The highest BCUT2D eigenvalue weighted by molar-refractivity contribution is 6.30. The Kier molecular flexibility index (Phi) is 5.22. The molecule has 1 aromatic heterocycles. The second kappa shape index (κ2) is 7.76. The summed E-state index contributed by atoms with van der Waals surface area (Å²) in [5.74, 6) is 2.21. The number of carbonyl (C=O) groups excluding carboxylic acids is 1. The maximum absolute atomic E-state index is 12.4. The zero-order valence-corrected chi connectivity index (χ0v) is 15.4. The molecule has 2 fully saturated rings. The van der Waals surface area contributed by atoms with Crippen LogP contribution in [0.3, 0.4) is 0 Å². The molecule has 1 saturated heterocycles. The number of likely N-dealkylation sites (tertiary alicyclic amines) is 1. The molecule has 1 aliphatic heterocycles. The highest BCUT2D eigenvalue weighted by Crippen LogP contribution is 2.29. The van der Waals surface area contributed by atoms with Crippen molar-refractivity contribution >= 4 is 17.5 Å². The van der Waals surface area contributed by atoms with Gasteiger partial charge in [-0.1, -0.05) is 16.8 Å². The third-order valence-electron chi connectivity index (χ3n) is 5.07. The first kappa shape index (κ1) is 17.5. The van der Waals surface area contributed by atoms with Gasteiger partial charge in [-0.05, 0) is 62.4 Å². The van der Waals surface area contributed by atoms with E-state index >= 15 is 0 Å². The van der Waals surface area contributed by atoms with Crippen LogP contribution >= 0.6 is 11.6 Å². The van der Waals surface area contributed by atoms with E-state index < -0.39 is 0 Å². The van der Waals surface area contributed by atoms with Crippen molar-refractivity contribution in [1.29, 1.82) is 0 Å². The molecule has 1 N–H and O–H groups in total. The van der Waals surface area contributed by atoms with E-state index in [1.165, 1.54) is 12.8 Å². The van der Waals surface area contributed by atoms with Crippen molar-refractivity contribution in [2.75, 3.05) is 26.2 Å². The maximum atomic E-state index is 12.4. The first-order valence-corrected chi connectivity index (χ1v) is 9.65. The number of piperidine rings is 1. The van der Waals surface area contributed by atoms with Crippen LogP contribution in [0.5, 0.6) is 0 Å². The van der Waals surface area contributed by atoms with Crippen molar-refractivity contribution in [2.45, 2.75) is 31.6 Å². The number of rotatable bonds is 6. The molecular formula is C19H23ClN4O2. The molecule has 2 aromatic rings. The summed E-state index contributed by atoms with van der Waals surface area (Å²) in [7, 11) is 0. The number of hydrogen-bond acceptors (Lipinski definition) is 5. The summed E-state index contributed by atoms with van der Waals surface area (Å²) in [5.41, 5.74) is 0.873. The fourth-order valence-corrected chi connectivity index (χ4v) is 3.47. The first-order chi connectivity index (χ1) is 12.7. The van der Waals surface area contributed by atoms with Gasteiger partial charge in [-0.25, -0.2) is 0 Å². The minimum Gasteiger partial charge on any atom is -0.341 e. The van der Waals surface area contributed by atoms with Crippen molar-refractivity contribution in [3.63, 3.8) is 0 Å². The van der Waals surface area contributed by atoms with Crippen LogP contribution < -0.4 is 5.32 Å². The Balaban J connectivity index is 1.36. The van der Waals surface area contributed by atoms with Gasteiger partial charge in [0.05, 0.1) is 12.5 Å². The summed E-state index contributed by atoms with van der Waals surface area (Å²) in [6, 6.07) is 7.36. The van der Waals surface area contributed by atoms with Crippen LogP contribution in [-0.4, -0.2) is 47.1 Å². The van der Waals surface area contributed by atoms with Crippen LogP contribution in [0.4, 0.5) is 0 Å². The second-order valence-electron chi connectivity index (χ2n) is 7.22. The normalized spacial score (nSPS) is 20.3. The van der Waals surface area contributed by atoms with Gasteiger partial charge in [0.2, 0.25) is 17.6 Å². The van der Waals surface area contributed by atoms with Crippen LogP contribution in [0.25, 0.3) is 11.4 Å². The van der Waals surface area contributed by atoms with Crippen molar-refractivity contribution in [2.24, 2.45) is 5.92 Å². The van der Waals surface area contributed by atoms with Crippen LogP contribution in [0, 0.1) is 5.92 Å². The molecule has 1 atom stereocenters. The van der Waals surface area contributed by atoms with Crippen LogP contribution in [-0.2, 0) is 4.79 Å². The van der Waals surface area contributed by atoms with E-state index in [2.05, 4.69) is 15.5 Å². The van der Waals surface area contributed by atoms with Gasteiger partial charge in [-0.3, -0.25) is 4.79 Å². The Hall–Kier alpha value is -1.92. The largest absolute Gasteiger partial charge is 0.341 e. The fourth-order valence-electron chi connectivity index (χ4n) is 3.34. The highest BCUT2D eigenvalue weighted by atomic mass is 35.5. The Morgan fingerprint density at radius 1 is 1.27 bits per heavy atom. The summed E-state index contributed by atoms with van der Waals surface area (Å²) in [5, 5.41) is 8.04. The number of benzene rings is 1. The highest BCUT2D eigenvalue weighted by Gasteiger charge is 2.29. The molecular weight excluding hydrogens is 352 g/mol. The van der Waals surface area contributed by atoms with Gasteiger partial charge in [0.25, 0.3) is 0 Å². The van der Waals surface area contributed by atoms with E-state index in [-0.39, 0.29) is 11.8 Å². The van der Waals surface area contributed by atoms with E-state index in [1.54, 1.807) is 0 Å². The summed E-state index contributed by atoms with van der Waals surface area (Å²) in [6.45, 7) is 2.82. The Labute approximate surface area is 157 Å². The zero-order valence-electron chi connectivity index (χ0n) is 14.7. The number of hydrogen-bond donors (Lipinski definition) is 1. The molecule has 138 valence electrons. The number of nitrogens with zero attached hydrogens (tertiary/aromatic N) is 3. The Bertz CT molecular complexity index is 757. The zero-order chi connectivity index (χ0) is 17.9. The predicted molar refractivity (Wildman–Crippen MR) is 98.9 cm³/mol. The molecule has 4 rings (SSSR count). The number of halogens is 1. The monoisotopic (exact) mass is 374 g/mol. The van der Waals surface area contributed by atoms with Crippen LogP contribution in [0.2, 0.25) is 5.02 Å². The molecule has 0 spiro atoms. The smallest absolute Gasteiger partial charge is 0.236 e. The molecule has 1 unspecified atom stereocenters.